The number of carbonyl (C=O) groups is 1. The minimum absolute atomic E-state index is 0.301. The van der Waals surface area contributed by atoms with Crippen LogP contribution < -0.4 is 0 Å². The summed E-state index contributed by atoms with van der Waals surface area (Å²) < 4.78 is 5.91. The number of ether oxygens (including phenoxy) is 1. The predicted molar refractivity (Wildman–Crippen MR) is 66.7 cm³/mol. The maximum absolute atomic E-state index is 10.9. The predicted octanol–water partition coefficient (Wildman–Crippen LogP) is 2.74. The highest BCUT2D eigenvalue weighted by molar-refractivity contribution is 9.10. The molecule has 1 aromatic carbocycles. The van der Waals surface area contributed by atoms with Crippen LogP contribution in [-0.4, -0.2) is 19.6 Å². The van der Waals surface area contributed by atoms with E-state index in [0.717, 1.165) is 22.5 Å². The fraction of sp³-hybridized carbons (Fsp3) is 0.167. The Morgan fingerprint density at radius 1 is 1.56 bits per heavy atom. The lowest BCUT2D eigenvalue weighted by atomic mass is 10.1. The van der Waals surface area contributed by atoms with Crippen LogP contribution in [-0.2, 0) is 16.0 Å². The smallest absolute Gasteiger partial charge is 0.150 e. The average molecular weight is 282 g/mol. The van der Waals surface area contributed by atoms with Crippen LogP contribution in [0.5, 0.6) is 0 Å². The second-order valence-corrected chi connectivity index (χ2v) is 4.08. The van der Waals surface area contributed by atoms with Crippen molar-refractivity contribution in [2.75, 3.05) is 7.11 Å². The van der Waals surface area contributed by atoms with E-state index in [4.69, 9.17) is 10.1 Å². The number of carbonyl (C=O) groups excluding carboxylic acids is 1. The van der Waals surface area contributed by atoms with E-state index in [1.807, 2.05) is 24.3 Å². The Morgan fingerprint density at radius 2 is 2.31 bits per heavy atom. The molecule has 0 saturated heterocycles. The lowest BCUT2D eigenvalue weighted by molar-refractivity contribution is -0.105. The van der Waals surface area contributed by atoms with Crippen molar-refractivity contribution in [1.82, 2.24) is 0 Å². The molecule has 0 aromatic heterocycles. The molecular formula is C12H12BrNO2. The maximum atomic E-state index is 10.9. The van der Waals surface area contributed by atoms with Crippen molar-refractivity contribution >= 4 is 28.4 Å². The molecule has 0 aliphatic carbocycles. The van der Waals surface area contributed by atoms with Gasteiger partial charge in [0.25, 0.3) is 0 Å². The van der Waals surface area contributed by atoms with Crippen LogP contribution in [0.1, 0.15) is 5.56 Å². The van der Waals surface area contributed by atoms with Gasteiger partial charge in [0, 0.05) is 16.5 Å². The normalized spacial score (nSPS) is 11.6. The number of aldehydes is 1. The van der Waals surface area contributed by atoms with Gasteiger partial charge in [0.05, 0.1) is 13.3 Å². The lowest BCUT2D eigenvalue weighted by Crippen LogP contribution is -2.01. The third kappa shape index (κ3) is 3.31. The van der Waals surface area contributed by atoms with Crippen LogP contribution in [0, 0.1) is 5.41 Å². The van der Waals surface area contributed by atoms with Gasteiger partial charge in [-0.3, -0.25) is 4.79 Å². The highest BCUT2D eigenvalue weighted by atomic mass is 79.9. The van der Waals surface area contributed by atoms with Gasteiger partial charge in [-0.05, 0) is 17.7 Å². The summed E-state index contributed by atoms with van der Waals surface area (Å²) in [6.07, 6.45) is 2.23. The van der Waals surface area contributed by atoms with Gasteiger partial charge in [-0.15, -0.1) is 0 Å². The number of halogens is 1. The molecule has 0 saturated carbocycles. The molecular weight excluding hydrogens is 270 g/mol. The molecule has 0 fully saturated rings. The Balaban J connectivity index is 2.98. The average Bonchev–Trinajstić information content (AvgIpc) is 2.29. The van der Waals surface area contributed by atoms with Gasteiger partial charge in [0.1, 0.15) is 12.0 Å². The lowest BCUT2D eigenvalue weighted by Gasteiger charge is -2.05. The molecule has 0 spiro atoms. The van der Waals surface area contributed by atoms with E-state index in [2.05, 4.69) is 15.9 Å². The summed E-state index contributed by atoms with van der Waals surface area (Å²) in [5.41, 5.74) is 1.46. The molecule has 0 unspecified atom stereocenters. The number of hydrogen-bond acceptors (Lipinski definition) is 3. The summed E-state index contributed by atoms with van der Waals surface area (Å²) in [6.45, 7) is 0. The Hall–Kier alpha value is -1.42. The summed E-state index contributed by atoms with van der Waals surface area (Å²) in [7, 11) is 1.45. The summed E-state index contributed by atoms with van der Waals surface area (Å²) in [5, 5.41) is 7.13. The molecule has 0 amide bonds. The Bertz CT molecular complexity index is 427. The third-order valence-electron chi connectivity index (χ3n) is 2.09. The van der Waals surface area contributed by atoms with Crippen LogP contribution in [0.15, 0.2) is 40.1 Å². The van der Waals surface area contributed by atoms with Gasteiger partial charge < -0.3 is 10.1 Å². The summed E-state index contributed by atoms with van der Waals surface area (Å²) in [6, 6.07) is 7.67. The monoisotopic (exact) mass is 281 g/mol. The van der Waals surface area contributed by atoms with Crippen LogP contribution in [0.4, 0.5) is 0 Å². The molecule has 0 aliphatic rings. The molecule has 0 aliphatic heterocycles. The number of hydrogen-bond donors (Lipinski definition) is 1. The van der Waals surface area contributed by atoms with Gasteiger partial charge in [0.2, 0.25) is 0 Å². The van der Waals surface area contributed by atoms with Crippen LogP contribution >= 0.6 is 15.9 Å². The van der Waals surface area contributed by atoms with Crippen molar-refractivity contribution in [3.8, 4) is 0 Å². The van der Waals surface area contributed by atoms with E-state index in [-0.39, 0.29) is 0 Å². The van der Waals surface area contributed by atoms with E-state index in [0.29, 0.717) is 17.8 Å². The fourth-order valence-electron chi connectivity index (χ4n) is 1.34. The molecule has 0 atom stereocenters. The standard InChI is InChI=1S/C12H12BrNO2/c1-16-12(7-14)10(8-15)5-9-3-2-4-11(13)6-9/h2-4,6-8,14H,5H2,1H3/b12-10+,14-7?. The van der Waals surface area contributed by atoms with Gasteiger partial charge in [-0.2, -0.15) is 0 Å². The molecule has 0 radical (unpaired) electrons. The Labute approximate surface area is 103 Å². The number of allylic oxidation sites excluding steroid dienone is 2. The van der Waals surface area contributed by atoms with Crippen molar-refractivity contribution < 1.29 is 9.53 Å². The zero-order chi connectivity index (χ0) is 12.0. The zero-order valence-electron chi connectivity index (χ0n) is 8.87. The molecule has 84 valence electrons. The minimum atomic E-state index is 0.301. The minimum Gasteiger partial charge on any atom is -0.495 e. The van der Waals surface area contributed by atoms with E-state index in [9.17, 15) is 4.79 Å². The fourth-order valence-corrected chi connectivity index (χ4v) is 1.78. The molecule has 4 heteroatoms. The van der Waals surface area contributed by atoms with Crippen LogP contribution in [0.25, 0.3) is 0 Å². The zero-order valence-corrected chi connectivity index (χ0v) is 10.5. The molecule has 0 bridgehead atoms. The number of rotatable bonds is 5. The molecule has 16 heavy (non-hydrogen) atoms. The van der Waals surface area contributed by atoms with Crippen molar-refractivity contribution in [1.29, 1.82) is 5.41 Å². The number of benzene rings is 1. The largest absolute Gasteiger partial charge is 0.495 e. The van der Waals surface area contributed by atoms with Gasteiger partial charge in [0.15, 0.2) is 0 Å². The van der Waals surface area contributed by atoms with E-state index in [1.54, 1.807) is 0 Å². The number of nitrogens with one attached hydrogen (secondary N) is 1. The van der Waals surface area contributed by atoms with E-state index in [1.165, 1.54) is 7.11 Å². The first kappa shape index (κ1) is 12.6. The molecule has 1 rings (SSSR count). The third-order valence-corrected chi connectivity index (χ3v) is 2.59. The molecule has 1 aromatic rings. The first-order valence-electron chi connectivity index (χ1n) is 4.68. The van der Waals surface area contributed by atoms with Crippen molar-refractivity contribution in [2.24, 2.45) is 0 Å². The van der Waals surface area contributed by atoms with E-state index < -0.39 is 0 Å². The second-order valence-electron chi connectivity index (χ2n) is 3.16. The second kappa shape index (κ2) is 6.23. The van der Waals surface area contributed by atoms with Crippen LogP contribution in [0.2, 0.25) is 0 Å². The highest BCUT2D eigenvalue weighted by Gasteiger charge is 2.06. The van der Waals surface area contributed by atoms with E-state index >= 15 is 0 Å². The first-order chi connectivity index (χ1) is 7.71. The first-order valence-corrected chi connectivity index (χ1v) is 5.47. The van der Waals surface area contributed by atoms with Crippen molar-refractivity contribution in [3.05, 3.63) is 45.6 Å². The summed E-state index contributed by atoms with van der Waals surface area (Å²) >= 11 is 3.36. The van der Waals surface area contributed by atoms with Gasteiger partial charge in [-0.25, -0.2) is 0 Å². The van der Waals surface area contributed by atoms with Crippen molar-refractivity contribution in [3.63, 3.8) is 0 Å². The Morgan fingerprint density at radius 3 is 2.81 bits per heavy atom. The topological polar surface area (TPSA) is 50.1 Å². The van der Waals surface area contributed by atoms with Crippen molar-refractivity contribution in [2.45, 2.75) is 6.42 Å². The summed E-state index contributed by atoms with van der Waals surface area (Å²) in [5.74, 6) is 0.301. The van der Waals surface area contributed by atoms with Gasteiger partial charge >= 0.3 is 0 Å². The number of methoxy groups -OCH3 is 1. The van der Waals surface area contributed by atoms with Gasteiger partial charge in [-0.1, -0.05) is 28.1 Å². The molecule has 3 nitrogen and oxygen atoms in total. The van der Waals surface area contributed by atoms with Crippen LogP contribution in [0.3, 0.4) is 0 Å². The molecule has 1 N–H and O–H groups in total. The SMILES string of the molecule is CO/C(C=N)=C(/C=O)Cc1cccc(Br)c1. The Kier molecular flexibility index (Phi) is 4.92. The molecule has 0 heterocycles. The maximum Gasteiger partial charge on any atom is 0.150 e. The quantitative estimate of drug-likeness (QED) is 0.391. The summed E-state index contributed by atoms with van der Waals surface area (Å²) in [4.78, 5) is 10.9. The highest BCUT2D eigenvalue weighted by Crippen LogP contribution is 2.15.